The first-order valence-corrected chi connectivity index (χ1v) is 8.44. The van der Waals surface area contributed by atoms with E-state index in [0.29, 0.717) is 0 Å². The first kappa shape index (κ1) is 17.0. The van der Waals surface area contributed by atoms with Crippen molar-refractivity contribution < 1.29 is 4.79 Å². The van der Waals surface area contributed by atoms with Crippen LogP contribution in [0.4, 0.5) is 0 Å². The fourth-order valence-corrected chi connectivity index (χ4v) is 3.72. The maximum absolute atomic E-state index is 12.6. The number of hydrogen-bond acceptors (Lipinski definition) is 2. The van der Waals surface area contributed by atoms with E-state index in [1.807, 2.05) is 6.92 Å². The molecule has 22 heavy (non-hydrogen) atoms. The third-order valence-electron chi connectivity index (χ3n) is 4.78. The summed E-state index contributed by atoms with van der Waals surface area (Å²) in [7, 11) is 0. The molecule has 1 aromatic rings. The van der Waals surface area contributed by atoms with Crippen LogP contribution in [0, 0.1) is 19.8 Å². The molecule has 0 aliphatic heterocycles. The fraction of sp³-hybridized carbons (Fsp3) is 0.632. The zero-order valence-corrected chi connectivity index (χ0v) is 14.4. The predicted molar refractivity (Wildman–Crippen MR) is 91.8 cm³/mol. The Bertz CT molecular complexity index is 516. The molecule has 2 rings (SSSR count). The monoisotopic (exact) mass is 302 g/mol. The number of benzene rings is 1. The van der Waals surface area contributed by atoms with Gasteiger partial charge >= 0.3 is 0 Å². The summed E-state index contributed by atoms with van der Waals surface area (Å²) < 4.78 is 0. The molecule has 3 unspecified atom stereocenters. The number of nitrogens with two attached hydrogens (primary N) is 1. The molecule has 0 radical (unpaired) electrons. The van der Waals surface area contributed by atoms with E-state index in [1.54, 1.807) is 0 Å². The molecule has 1 aliphatic rings. The quantitative estimate of drug-likeness (QED) is 0.897. The Labute approximate surface area is 134 Å². The standard InChI is InChI=1S/C19H30N2O/c1-13-9-14(2)11-16(10-13)12-15(3)21-18(22)17-7-5-6-8-19(17,4)20/h9-11,15,17H,5-8,12,20H2,1-4H3,(H,21,22). The molecule has 0 bridgehead atoms. The Morgan fingerprint density at radius 2 is 1.95 bits per heavy atom. The van der Waals surface area contributed by atoms with Crippen molar-refractivity contribution in [2.45, 2.75) is 71.4 Å². The van der Waals surface area contributed by atoms with Gasteiger partial charge in [-0.2, -0.15) is 0 Å². The lowest BCUT2D eigenvalue weighted by atomic mass is 9.74. The van der Waals surface area contributed by atoms with Crippen LogP contribution in [-0.4, -0.2) is 17.5 Å². The summed E-state index contributed by atoms with van der Waals surface area (Å²) in [4.78, 5) is 12.6. The van der Waals surface area contributed by atoms with Gasteiger partial charge in [-0.15, -0.1) is 0 Å². The number of carbonyl (C=O) groups is 1. The van der Waals surface area contributed by atoms with Gasteiger partial charge in [0.2, 0.25) is 5.91 Å². The summed E-state index contributed by atoms with van der Waals surface area (Å²) in [5, 5.41) is 3.17. The zero-order chi connectivity index (χ0) is 16.3. The normalized spacial score (nSPS) is 26.5. The second-order valence-corrected chi connectivity index (χ2v) is 7.41. The smallest absolute Gasteiger partial charge is 0.225 e. The lowest BCUT2D eigenvalue weighted by molar-refractivity contribution is -0.128. The highest BCUT2D eigenvalue weighted by molar-refractivity contribution is 5.80. The molecule has 3 heteroatoms. The SMILES string of the molecule is Cc1cc(C)cc(CC(C)NC(=O)C2CCCCC2(C)N)c1. The Kier molecular flexibility index (Phi) is 5.28. The molecule has 0 spiro atoms. The first-order chi connectivity index (χ1) is 10.3. The van der Waals surface area contributed by atoms with Crippen molar-refractivity contribution >= 4 is 5.91 Å². The maximum Gasteiger partial charge on any atom is 0.225 e. The molecule has 0 saturated heterocycles. The van der Waals surface area contributed by atoms with Gasteiger partial charge in [0.1, 0.15) is 0 Å². The number of aryl methyl sites for hydroxylation is 2. The van der Waals surface area contributed by atoms with Crippen LogP contribution in [-0.2, 0) is 11.2 Å². The third kappa shape index (κ3) is 4.33. The lowest BCUT2D eigenvalue weighted by Gasteiger charge is -2.37. The lowest BCUT2D eigenvalue weighted by Crippen LogP contribution is -2.54. The summed E-state index contributed by atoms with van der Waals surface area (Å²) >= 11 is 0. The predicted octanol–water partition coefficient (Wildman–Crippen LogP) is 3.26. The molecule has 1 fully saturated rings. The Morgan fingerprint density at radius 3 is 2.55 bits per heavy atom. The average Bonchev–Trinajstić information content (AvgIpc) is 2.36. The van der Waals surface area contributed by atoms with E-state index >= 15 is 0 Å². The zero-order valence-electron chi connectivity index (χ0n) is 14.4. The minimum absolute atomic E-state index is 0.0528. The van der Waals surface area contributed by atoms with E-state index in [1.165, 1.54) is 16.7 Å². The van der Waals surface area contributed by atoms with E-state index in [-0.39, 0.29) is 23.4 Å². The van der Waals surface area contributed by atoms with Crippen LogP contribution in [0.2, 0.25) is 0 Å². The second kappa shape index (κ2) is 6.82. The Hall–Kier alpha value is -1.35. The highest BCUT2D eigenvalue weighted by Gasteiger charge is 2.37. The van der Waals surface area contributed by atoms with Gasteiger partial charge in [0.15, 0.2) is 0 Å². The van der Waals surface area contributed by atoms with Gasteiger partial charge in [-0.3, -0.25) is 4.79 Å². The van der Waals surface area contributed by atoms with Crippen molar-refractivity contribution in [2.24, 2.45) is 11.7 Å². The molecule has 1 saturated carbocycles. The van der Waals surface area contributed by atoms with Crippen molar-refractivity contribution in [3.8, 4) is 0 Å². The van der Waals surface area contributed by atoms with Crippen LogP contribution >= 0.6 is 0 Å². The molecule has 0 heterocycles. The van der Waals surface area contributed by atoms with E-state index in [4.69, 9.17) is 5.73 Å². The number of amides is 1. The van der Waals surface area contributed by atoms with Crippen LogP contribution in [0.25, 0.3) is 0 Å². The number of rotatable bonds is 4. The largest absolute Gasteiger partial charge is 0.353 e. The van der Waals surface area contributed by atoms with Crippen molar-refractivity contribution in [3.05, 3.63) is 34.9 Å². The molecule has 1 amide bonds. The van der Waals surface area contributed by atoms with Crippen LogP contribution < -0.4 is 11.1 Å². The molecule has 3 nitrogen and oxygen atoms in total. The molecule has 3 atom stereocenters. The van der Waals surface area contributed by atoms with Gasteiger partial charge in [-0.1, -0.05) is 42.2 Å². The summed E-state index contributed by atoms with van der Waals surface area (Å²) in [5.41, 5.74) is 9.80. The Morgan fingerprint density at radius 1 is 1.32 bits per heavy atom. The molecule has 0 aromatic heterocycles. The van der Waals surface area contributed by atoms with Crippen molar-refractivity contribution in [2.75, 3.05) is 0 Å². The number of carbonyl (C=O) groups excluding carboxylic acids is 1. The van der Waals surface area contributed by atoms with Crippen LogP contribution in [0.15, 0.2) is 18.2 Å². The van der Waals surface area contributed by atoms with Gasteiger partial charge in [-0.25, -0.2) is 0 Å². The summed E-state index contributed by atoms with van der Waals surface area (Å²) in [6, 6.07) is 6.70. The minimum atomic E-state index is -0.359. The van der Waals surface area contributed by atoms with Crippen LogP contribution in [0.3, 0.4) is 0 Å². The topological polar surface area (TPSA) is 55.1 Å². The molecule has 1 aromatic carbocycles. The maximum atomic E-state index is 12.6. The first-order valence-electron chi connectivity index (χ1n) is 8.44. The van der Waals surface area contributed by atoms with Gasteiger partial charge in [0.25, 0.3) is 0 Å². The molecular weight excluding hydrogens is 272 g/mol. The van der Waals surface area contributed by atoms with Gasteiger partial charge in [-0.05, 0) is 52.5 Å². The molecule has 1 aliphatic carbocycles. The van der Waals surface area contributed by atoms with Gasteiger partial charge in [0, 0.05) is 11.6 Å². The minimum Gasteiger partial charge on any atom is -0.353 e. The van der Waals surface area contributed by atoms with E-state index in [9.17, 15) is 4.79 Å². The van der Waals surface area contributed by atoms with E-state index < -0.39 is 0 Å². The van der Waals surface area contributed by atoms with Gasteiger partial charge in [0.05, 0.1) is 5.92 Å². The van der Waals surface area contributed by atoms with Crippen molar-refractivity contribution in [3.63, 3.8) is 0 Å². The van der Waals surface area contributed by atoms with Crippen molar-refractivity contribution in [1.82, 2.24) is 5.32 Å². The van der Waals surface area contributed by atoms with E-state index in [0.717, 1.165) is 32.1 Å². The molecule has 122 valence electrons. The highest BCUT2D eigenvalue weighted by Crippen LogP contribution is 2.31. The molecular formula is C19H30N2O. The summed E-state index contributed by atoms with van der Waals surface area (Å²) in [6.45, 7) is 8.32. The van der Waals surface area contributed by atoms with E-state index in [2.05, 4.69) is 44.3 Å². The summed E-state index contributed by atoms with van der Waals surface area (Å²) in [6.07, 6.45) is 4.96. The highest BCUT2D eigenvalue weighted by atomic mass is 16.2. The number of nitrogens with one attached hydrogen (secondary N) is 1. The average molecular weight is 302 g/mol. The Balaban J connectivity index is 1.96. The van der Waals surface area contributed by atoms with Crippen LogP contribution in [0.1, 0.15) is 56.2 Å². The van der Waals surface area contributed by atoms with Crippen LogP contribution in [0.5, 0.6) is 0 Å². The van der Waals surface area contributed by atoms with Gasteiger partial charge < -0.3 is 11.1 Å². The second-order valence-electron chi connectivity index (χ2n) is 7.41. The fourth-order valence-electron chi connectivity index (χ4n) is 3.72. The van der Waals surface area contributed by atoms with Crippen molar-refractivity contribution in [1.29, 1.82) is 0 Å². The third-order valence-corrected chi connectivity index (χ3v) is 4.78. The summed E-state index contributed by atoms with van der Waals surface area (Å²) in [5.74, 6) is 0.0736. The number of hydrogen-bond donors (Lipinski definition) is 2. The molecule has 3 N–H and O–H groups in total.